The third kappa shape index (κ3) is 1.95. The van der Waals surface area contributed by atoms with E-state index < -0.39 is 0 Å². The molecule has 0 atom stereocenters. The molecule has 0 aliphatic carbocycles. The molecule has 2 aromatic carbocycles. The fraction of sp³-hybridized carbons (Fsp3) is 0.0588. The van der Waals surface area contributed by atoms with E-state index in [0.29, 0.717) is 0 Å². The lowest BCUT2D eigenvalue weighted by Crippen LogP contribution is -1.72. The number of benzene rings is 2. The Labute approximate surface area is 106 Å². The Morgan fingerprint density at radius 2 is 1.56 bits per heavy atom. The molecule has 1 heteroatoms. The average Bonchev–Trinajstić information content (AvgIpc) is 2.75. The fourth-order valence-corrected chi connectivity index (χ4v) is 2.09. The van der Waals surface area contributed by atoms with Crippen LogP contribution >= 0.6 is 0 Å². The highest BCUT2D eigenvalue weighted by atomic mass is 16.3. The summed E-state index contributed by atoms with van der Waals surface area (Å²) in [5.41, 5.74) is 3.32. The molecule has 0 radical (unpaired) electrons. The Morgan fingerprint density at radius 1 is 0.833 bits per heavy atom. The van der Waals surface area contributed by atoms with Crippen molar-refractivity contribution in [3.05, 3.63) is 71.5 Å². The van der Waals surface area contributed by atoms with E-state index in [9.17, 15) is 0 Å². The summed E-state index contributed by atoms with van der Waals surface area (Å²) in [5.74, 6) is 0.931. The van der Waals surface area contributed by atoms with Crippen LogP contribution in [0, 0.1) is 6.92 Å². The predicted octanol–water partition coefficient (Wildman–Crippen LogP) is 4.91. The van der Waals surface area contributed by atoms with E-state index in [1.54, 1.807) is 0 Å². The Hall–Kier alpha value is -2.28. The molecule has 0 N–H and O–H groups in total. The van der Waals surface area contributed by atoms with Crippen LogP contribution in [-0.2, 0) is 0 Å². The van der Waals surface area contributed by atoms with Crippen molar-refractivity contribution in [1.82, 2.24) is 0 Å². The molecule has 88 valence electrons. The summed E-state index contributed by atoms with van der Waals surface area (Å²) in [7, 11) is 0. The number of rotatable bonds is 2. The summed E-state index contributed by atoms with van der Waals surface area (Å²) >= 11 is 0. The van der Waals surface area contributed by atoms with Gasteiger partial charge in [-0.2, -0.15) is 0 Å². The van der Waals surface area contributed by atoms with Gasteiger partial charge < -0.3 is 4.42 Å². The second-order valence-electron chi connectivity index (χ2n) is 4.33. The van der Waals surface area contributed by atoms with Gasteiger partial charge in [0, 0.05) is 10.9 Å². The van der Waals surface area contributed by atoms with Crippen molar-refractivity contribution in [2.45, 2.75) is 6.92 Å². The molecular weight excluding hydrogens is 220 g/mol. The lowest BCUT2D eigenvalue weighted by atomic mass is 10.1. The summed E-state index contributed by atoms with van der Waals surface area (Å²) in [6, 6.07) is 18.4. The Balaban J connectivity index is 2.00. The van der Waals surface area contributed by atoms with Gasteiger partial charge in [0.05, 0.1) is 0 Å². The number of hydrogen-bond acceptors (Lipinski definition) is 1. The van der Waals surface area contributed by atoms with Gasteiger partial charge in [-0.15, -0.1) is 0 Å². The van der Waals surface area contributed by atoms with Crippen LogP contribution in [0.2, 0.25) is 0 Å². The van der Waals surface area contributed by atoms with Crippen molar-refractivity contribution in [1.29, 1.82) is 0 Å². The average molecular weight is 234 g/mol. The topological polar surface area (TPSA) is 13.1 Å². The Kier molecular flexibility index (Phi) is 2.73. The molecule has 18 heavy (non-hydrogen) atoms. The highest BCUT2D eigenvalue weighted by Gasteiger charge is 2.06. The van der Waals surface area contributed by atoms with Gasteiger partial charge in [-0.1, -0.05) is 54.6 Å². The van der Waals surface area contributed by atoms with Crippen LogP contribution in [0.4, 0.5) is 0 Å². The van der Waals surface area contributed by atoms with Crippen molar-refractivity contribution in [2.75, 3.05) is 0 Å². The van der Waals surface area contributed by atoms with Crippen LogP contribution < -0.4 is 0 Å². The highest BCUT2D eigenvalue weighted by Crippen LogP contribution is 2.26. The minimum Gasteiger partial charge on any atom is -0.456 e. The molecule has 1 heterocycles. The first-order valence-electron chi connectivity index (χ1n) is 6.06. The van der Waals surface area contributed by atoms with Crippen LogP contribution in [0.25, 0.3) is 23.1 Å². The van der Waals surface area contributed by atoms with Gasteiger partial charge in [-0.05, 0) is 24.6 Å². The molecule has 0 fully saturated rings. The number of hydrogen-bond donors (Lipinski definition) is 0. The lowest BCUT2D eigenvalue weighted by molar-refractivity contribution is 0.601. The van der Waals surface area contributed by atoms with E-state index in [4.69, 9.17) is 4.42 Å². The molecule has 0 aliphatic heterocycles. The molecule has 0 saturated carbocycles. The number of furan rings is 1. The second-order valence-corrected chi connectivity index (χ2v) is 4.33. The van der Waals surface area contributed by atoms with Gasteiger partial charge in [-0.25, -0.2) is 0 Å². The van der Waals surface area contributed by atoms with Crippen LogP contribution in [0.15, 0.2) is 59.0 Å². The zero-order valence-corrected chi connectivity index (χ0v) is 10.3. The van der Waals surface area contributed by atoms with Crippen molar-refractivity contribution in [3.8, 4) is 0 Å². The van der Waals surface area contributed by atoms with Crippen molar-refractivity contribution >= 4 is 23.1 Å². The largest absolute Gasteiger partial charge is 0.456 e. The summed E-state index contributed by atoms with van der Waals surface area (Å²) in [6.45, 7) is 2.09. The van der Waals surface area contributed by atoms with Crippen LogP contribution in [0.5, 0.6) is 0 Å². The van der Waals surface area contributed by atoms with Gasteiger partial charge in [0.2, 0.25) is 0 Å². The van der Waals surface area contributed by atoms with Gasteiger partial charge in [0.25, 0.3) is 0 Å². The van der Waals surface area contributed by atoms with Gasteiger partial charge in [0.15, 0.2) is 0 Å². The zero-order valence-electron chi connectivity index (χ0n) is 10.3. The SMILES string of the molecule is Cc1c(/C=C/c2ccccc2)oc2ccccc12. The summed E-state index contributed by atoms with van der Waals surface area (Å²) < 4.78 is 5.83. The van der Waals surface area contributed by atoms with E-state index >= 15 is 0 Å². The van der Waals surface area contributed by atoms with Crippen LogP contribution in [-0.4, -0.2) is 0 Å². The maximum Gasteiger partial charge on any atom is 0.135 e. The van der Waals surface area contributed by atoms with Crippen molar-refractivity contribution < 1.29 is 4.42 Å². The molecule has 3 aromatic rings. The molecule has 0 bridgehead atoms. The fourth-order valence-electron chi connectivity index (χ4n) is 2.09. The maximum absolute atomic E-state index is 5.83. The molecule has 1 nitrogen and oxygen atoms in total. The highest BCUT2D eigenvalue weighted by molar-refractivity contribution is 5.85. The van der Waals surface area contributed by atoms with E-state index in [2.05, 4.69) is 31.2 Å². The number of para-hydroxylation sites is 1. The monoisotopic (exact) mass is 234 g/mol. The van der Waals surface area contributed by atoms with E-state index in [0.717, 1.165) is 11.3 Å². The van der Waals surface area contributed by atoms with Crippen molar-refractivity contribution in [3.63, 3.8) is 0 Å². The van der Waals surface area contributed by atoms with Gasteiger partial charge in [0.1, 0.15) is 11.3 Å². The molecule has 3 rings (SSSR count). The minimum absolute atomic E-state index is 0.931. The first kappa shape index (κ1) is 10.8. The molecule has 0 spiro atoms. The summed E-state index contributed by atoms with van der Waals surface area (Å²) in [6.07, 6.45) is 4.11. The van der Waals surface area contributed by atoms with Gasteiger partial charge in [-0.3, -0.25) is 0 Å². The number of fused-ring (bicyclic) bond motifs is 1. The molecule has 0 unspecified atom stereocenters. The number of aryl methyl sites for hydroxylation is 1. The lowest BCUT2D eigenvalue weighted by Gasteiger charge is -1.91. The third-order valence-electron chi connectivity index (χ3n) is 3.11. The normalized spacial score (nSPS) is 11.4. The van der Waals surface area contributed by atoms with E-state index in [1.165, 1.54) is 16.5 Å². The van der Waals surface area contributed by atoms with Crippen LogP contribution in [0.3, 0.4) is 0 Å². The van der Waals surface area contributed by atoms with E-state index in [-0.39, 0.29) is 0 Å². The Bertz CT molecular complexity index is 690. The van der Waals surface area contributed by atoms with Crippen molar-refractivity contribution in [2.24, 2.45) is 0 Å². The Morgan fingerprint density at radius 3 is 2.33 bits per heavy atom. The predicted molar refractivity (Wildman–Crippen MR) is 76.3 cm³/mol. The second kappa shape index (κ2) is 4.53. The maximum atomic E-state index is 5.83. The molecule has 0 aliphatic rings. The van der Waals surface area contributed by atoms with Crippen LogP contribution in [0.1, 0.15) is 16.9 Å². The first-order valence-corrected chi connectivity index (χ1v) is 6.06. The molecular formula is C17H14O. The molecule has 0 saturated heterocycles. The smallest absolute Gasteiger partial charge is 0.135 e. The third-order valence-corrected chi connectivity index (χ3v) is 3.11. The van der Waals surface area contributed by atoms with E-state index in [1.807, 2.05) is 42.5 Å². The molecule has 0 amide bonds. The summed E-state index contributed by atoms with van der Waals surface area (Å²) in [5, 5.41) is 1.19. The zero-order chi connectivity index (χ0) is 12.4. The first-order chi connectivity index (χ1) is 8.84. The quantitative estimate of drug-likeness (QED) is 0.614. The minimum atomic E-state index is 0.931. The standard InChI is InChI=1S/C17H14O/c1-13-15-9-5-6-10-17(15)18-16(13)12-11-14-7-3-2-4-8-14/h2-12H,1H3/b12-11+. The molecule has 1 aromatic heterocycles. The summed E-state index contributed by atoms with van der Waals surface area (Å²) in [4.78, 5) is 0. The van der Waals surface area contributed by atoms with Gasteiger partial charge >= 0.3 is 0 Å².